The standard InChI is InChI=1S/C13H18Cl2N2O2S/c1-9-2-3-11(14)13(12(9)15)17-20(18,19)8-10-4-6-16-7-5-10/h2-3,10,16-17H,4-8H2,1H3. The van der Waals surface area contributed by atoms with Crippen LogP contribution in [-0.2, 0) is 10.0 Å². The molecule has 4 nitrogen and oxygen atoms in total. The highest BCUT2D eigenvalue weighted by atomic mass is 35.5. The summed E-state index contributed by atoms with van der Waals surface area (Å²) in [6.07, 6.45) is 1.74. The van der Waals surface area contributed by atoms with Gasteiger partial charge in [0, 0.05) is 0 Å². The number of sulfonamides is 1. The van der Waals surface area contributed by atoms with Crippen LogP contribution in [0.15, 0.2) is 12.1 Å². The maximum atomic E-state index is 12.2. The molecule has 0 aliphatic carbocycles. The molecule has 20 heavy (non-hydrogen) atoms. The summed E-state index contributed by atoms with van der Waals surface area (Å²) in [4.78, 5) is 0. The summed E-state index contributed by atoms with van der Waals surface area (Å²) in [5.41, 5.74) is 1.07. The SMILES string of the molecule is Cc1ccc(Cl)c(NS(=O)(=O)CC2CCNCC2)c1Cl. The van der Waals surface area contributed by atoms with E-state index in [1.54, 1.807) is 12.1 Å². The van der Waals surface area contributed by atoms with Gasteiger partial charge in [0.15, 0.2) is 0 Å². The molecule has 2 N–H and O–H groups in total. The largest absolute Gasteiger partial charge is 0.317 e. The number of piperidine rings is 1. The molecule has 1 saturated heterocycles. The normalized spacial score (nSPS) is 17.1. The minimum atomic E-state index is -3.44. The third-order valence-electron chi connectivity index (χ3n) is 3.46. The maximum Gasteiger partial charge on any atom is 0.233 e. The van der Waals surface area contributed by atoms with Crippen LogP contribution in [0.1, 0.15) is 18.4 Å². The summed E-state index contributed by atoms with van der Waals surface area (Å²) in [7, 11) is -3.44. The van der Waals surface area contributed by atoms with E-state index in [0.717, 1.165) is 31.5 Å². The van der Waals surface area contributed by atoms with Crippen molar-refractivity contribution in [2.45, 2.75) is 19.8 Å². The van der Waals surface area contributed by atoms with Crippen LogP contribution in [0.25, 0.3) is 0 Å². The number of anilines is 1. The number of hydrogen-bond acceptors (Lipinski definition) is 3. The third kappa shape index (κ3) is 4.01. The van der Waals surface area contributed by atoms with Crippen LogP contribution in [-0.4, -0.2) is 27.3 Å². The zero-order valence-electron chi connectivity index (χ0n) is 11.2. The molecule has 0 bridgehead atoms. The molecule has 1 aromatic rings. The first-order valence-corrected chi connectivity index (χ1v) is 8.95. The smallest absolute Gasteiger partial charge is 0.233 e. The molecule has 0 atom stereocenters. The molecule has 2 rings (SSSR count). The fourth-order valence-electron chi connectivity index (χ4n) is 2.31. The molecule has 1 fully saturated rings. The van der Waals surface area contributed by atoms with Crippen LogP contribution in [0.2, 0.25) is 10.0 Å². The maximum absolute atomic E-state index is 12.2. The summed E-state index contributed by atoms with van der Waals surface area (Å²) >= 11 is 12.2. The lowest BCUT2D eigenvalue weighted by atomic mass is 10.0. The Kier molecular flexibility index (Phi) is 5.18. The van der Waals surface area contributed by atoms with E-state index in [2.05, 4.69) is 10.0 Å². The Hall–Kier alpha value is -0.490. The quantitative estimate of drug-likeness (QED) is 0.888. The van der Waals surface area contributed by atoms with Crippen molar-refractivity contribution in [2.75, 3.05) is 23.6 Å². The number of hydrogen-bond donors (Lipinski definition) is 2. The van der Waals surface area contributed by atoms with Gasteiger partial charge in [0.1, 0.15) is 0 Å². The van der Waals surface area contributed by atoms with Gasteiger partial charge in [0.25, 0.3) is 0 Å². The molecule has 0 aromatic heterocycles. The average molecular weight is 337 g/mol. The molecular weight excluding hydrogens is 319 g/mol. The van der Waals surface area contributed by atoms with Crippen molar-refractivity contribution < 1.29 is 8.42 Å². The summed E-state index contributed by atoms with van der Waals surface area (Å²) in [6.45, 7) is 3.54. The number of rotatable bonds is 4. The number of nitrogens with one attached hydrogen (secondary N) is 2. The predicted octanol–water partition coefficient (Wildman–Crippen LogP) is 3.04. The van der Waals surface area contributed by atoms with Crippen molar-refractivity contribution in [1.29, 1.82) is 0 Å². The van der Waals surface area contributed by atoms with E-state index in [9.17, 15) is 8.42 Å². The van der Waals surface area contributed by atoms with Gasteiger partial charge in [-0.05, 0) is 50.4 Å². The fourth-order valence-corrected chi connectivity index (χ4v) is 4.44. The van der Waals surface area contributed by atoms with E-state index in [0.29, 0.717) is 10.0 Å². The second kappa shape index (κ2) is 6.52. The first-order chi connectivity index (χ1) is 9.39. The minimum Gasteiger partial charge on any atom is -0.317 e. The first-order valence-electron chi connectivity index (χ1n) is 6.55. The molecule has 1 aromatic carbocycles. The number of benzene rings is 1. The van der Waals surface area contributed by atoms with Crippen LogP contribution in [0.4, 0.5) is 5.69 Å². The molecule has 112 valence electrons. The monoisotopic (exact) mass is 336 g/mol. The molecule has 1 aliphatic rings. The summed E-state index contributed by atoms with van der Waals surface area (Å²) < 4.78 is 27.0. The van der Waals surface area contributed by atoms with Crippen LogP contribution >= 0.6 is 23.2 Å². The Morgan fingerprint density at radius 2 is 1.95 bits per heavy atom. The lowest BCUT2D eigenvalue weighted by Crippen LogP contribution is -2.33. The highest BCUT2D eigenvalue weighted by Gasteiger charge is 2.23. The predicted molar refractivity (Wildman–Crippen MR) is 84.2 cm³/mol. The molecule has 0 amide bonds. The van der Waals surface area contributed by atoms with Crippen LogP contribution in [0.3, 0.4) is 0 Å². The molecule has 7 heteroatoms. The van der Waals surface area contributed by atoms with Crippen LogP contribution < -0.4 is 10.0 Å². The second-order valence-electron chi connectivity index (χ2n) is 5.13. The van der Waals surface area contributed by atoms with Gasteiger partial charge >= 0.3 is 0 Å². The van der Waals surface area contributed by atoms with Crippen molar-refractivity contribution in [3.63, 3.8) is 0 Å². The highest BCUT2D eigenvalue weighted by Crippen LogP contribution is 2.34. The average Bonchev–Trinajstić information content (AvgIpc) is 2.40. The lowest BCUT2D eigenvalue weighted by Gasteiger charge is -2.23. The van der Waals surface area contributed by atoms with E-state index in [1.165, 1.54) is 0 Å². The summed E-state index contributed by atoms with van der Waals surface area (Å²) in [5, 5.41) is 3.89. The number of aryl methyl sites for hydroxylation is 1. The van der Waals surface area contributed by atoms with Gasteiger partial charge in [-0.3, -0.25) is 4.72 Å². The molecule has 1 heterocycles. The van der Waals surface area contributed by atoms with E-state index in [-0.39, 0.29) is 17.4 Å². The Bertz CT molecular complexity index is 584. The Morgan fingerprint density at radius 1 is 1.30 bits per heavy atom. The van der Waals surface area contributed by atoms with Crippen molar-refractivity contribution in [1.82, 2.24) is 5.32 Å². The van der Waals surface area contributed by atoms with E-state index < -0.39 is 10.0 Å². The number of halogens is 2. The molecule has 1 aliphatic heterocycles. The van der Waals surface area contributed by atoms with E-state index in [4.69, 9.17) is 23.2 Å². The second-order valence-corrected chi connectivity index (χ2v) is 7.68. The zero-order valence-corrected chi connectivity index (χ0v) is 13.6. The highest BCUT2D eigenvalue weighted by molar-refractivity contribution is 7.92. The minimum absolute atomic E-state index is 0.106. The molecule has 0 spiro atoms. The Morgan fingerprint density at radius 3 is 2.60 bits per heavy atom. The Balaban J connectivity index is 2.14. The van der Waals surface area contributed by atoms with Gasteiger partial charge in [-0.2, -0.15) is 0 Å². The van der Waals surface area contributed by atoms with Gasteiger partial charge in [0.2, 0.25) is 10.0 Å². The fraction of sp³-hybridized carbons (Fsp3) is 0.538. The van der Waals surface area contributed by atoms with E-state index in [1.807, 2.05) is 6.92 Å². The van der Waals surface area contributed by atoms with Gasteiger partial charge in [-0.25, -0.2) is 8.42 Å². The third-order valence-corrected chi connectivity index (χ3v) is 5.68. The summed E-state index contributed by atoms with van der Waals surface area (Å²) in [5.74, 6) is 0.283. The van der Waals surface area contributed by atoms with Crippen molar-refractivity contribution in [3.05, 3.63) is 27.7 Å². The van der Waals surface area contributed by atoms with Gasteiger partial charge in [-0.1, -0.05) is 29.3 Å². The first kappa shape index (κ1) is 15.9. The van der Waals surface area contributed by atoms with Crippen molar-refractivity contribution >= 4 is 38.9 Å². The van der Waals surface area contributed by atoms with Crippen LogP contribution in [0, 0.1) is 12.8 Å². The molecular formula is C13H18Cl2N2O2S. The van der Waals surface area contributed by atoms with Gasteiger partial charge in [-0.15, -0.1) is 0 Å². The topological polar surface area (TPSA) is 58.2 Å². The van der Waals surface area contributed by atoms with Gasteiger partial charge < -0.3 is 5.32 Å². The van der Waals surface area contributed by atoms with Gasteiger partial charge in [0.05, 0.1) is 21.5 Å². The van der Waals surface area contributed by atoms with E-state index >= 15 is 0 Å². The molecule has 0 unspecified atom stereocenters. The lowest BCUT2D eigenvalue weighted by molar-refractivity contribution is 0.402. The van der Waals surface area contributed by atoms with Crippen LogP contribution in [0.5, 0.6) is 0 Å². The molecule has 0 radical (unpaired) electrons. The Labute approximate surface area is 129 Å². The summed E-state index contributed by atoms with van der Waals surface area (Å²) in [6, 6.07) is 3.40. The zero-order chi connectivity index (χ0) is 14.8. The van der Waals surface area contributed by atoms with Crippen molar-refractivity contribution in [2.24, 2.45) is 5.92 Å². The molecule has 0 saturated carbocycles. The van der Waals surface area contributed by atoms with Crippen molar-refractivity contribution in [3.8, 4) is 0 Å².